The fourth-order valence-electron chi connectivity index (χ4n) is 3.61. The minimum absolute atomic E-state index is 0.0230. The van der Waals surface area contributed by atoms with Crippen molar-refractivity contribution in [2.45, 2.75) is 36.6 Å². The fraction of sp³-hybridized carbons (Fsp3) is 0.588. The Balaban J connectivity index is 1.82. The molecular weight excluding hydrogens is 328 g/mol. The highest BCUT2D eigenvalue weighted by molar-refractivity contribution is 7.89. The van der Waals surface area contributed by atoms with Crippen LogP contribution in [0.5, 0.6) is 0 Å². The van der Waals surface area contributed by atoms with Gasteiger partial charge in [0.15, 0.2) is 0 Å². The summed E-state index contributed by atoms with van der Waals surface area (Å²) in [6.07, 6.45) is 4.17. The molecule has 2 fully saturated rings. The lowest BCUT2D eigenvalue weighted by Gasteiger charge is -2.28. The van der Waals surface area contributed by atoms with Gasteiger partial charge >= 0.3 is 5.97 Å². The van der Waals surface area contributed by atoms with Gasteiger partial charge in [-0.25, -0.2) is 13.2 Å². The predicted molar refractivity (Wildman–Crippen MR) is 90.4 cm³/mol. The molecule has 6 nitrogen and oxygen atoms in total. The van der Waals surface area contributed by atoms with E-state index in [1.807, 2.05) is 0 Å². The van der Waals surface area contributed by atoms with Gasteiger partial charge in [-0.1, -0.05) is 6.07 Å². The molecule has 0 radical (unpaired) electrons. The topological polar surface area (TPSA) is 66.9 Å². The summed E-state index contributed by atoms with van der Waals surface area (Å²) in [4.78, 5) is 14.2. The molecule has 1 aromatic rings. The Morgan fingerprint density at radius 3 is 2.67 bits per heavy atom. The summed E-state index contributed by atoms with van der Waals surface area (Å²) in [5.41, 5.74) is 0.258. The molecule has 0 unspecified atom stereocenters. The third-order valence-corrected chi connectivity index (χ3v) is 6.80. The molecule has 2 aliphatic heterocycles. The Hall–Kier alpha value is -1.44. The molecule has 2 heterocycles. The van der Waals surface area contributed by atoms with Crippen molar-refractivity contribution in [3.8, 4) is 0 Å². The maximum atomic E-state index is 13.0. The van der Waals surface area contributed by atoms with Gasteiger partial charge in [0.1, 0.15) is 0 Å². The van der Waals surface area contributed by atoms with Crippen LogP contribution in [-0.2, 0) is 14.8 Å². The Kier molecular flexibility index (Phi) is 5.22. The van der Waals surface area contributed by atoms with Gasteiger partial charge in [0.05, 0.1) is 17.6 Å². The molecule has 1 aromatic carbocycles. The first-order valence-electron chi connectivity index (χ1n) is 8.45. The molecule has 1 atom stereocenters. The van der Waals surface area contributed by atoms with Crippen LogP contribution in [0.25, 0.3) is 0 Å². The van der Waals surface area contributed by atoms with Crippen LogP contribution < -0.4 is 0 Å². The molecule has 0 saturated carbocycles. The number of nitrogens with zero attached hydrogens (tertiary/aromatic N) is 2. The SMILES string of the molecule is COC(=O)c1cccc(S(=O)(=O)N2CCC[C@@H]2CN2CCCC2)c1. The molecular formula is C17H24N2O4S. The van der Waals surface area contributed by atoms with Crippen LogP contribution in [0, 0.1) is 0 Å². The number of likely N-dealkylation sites (tertiary alicyclic amines) is 1. The summed E-state index contributed by atoms with van der Waals surface area (Å²) in [6.45, 7) is 3.46. The summed E-state index contributed by atoms with van der Waals surface area (Å²) >= 11 is 0. The minimum atomic E-state index is -3.59. The standard InChI is InChI=1S/C17H24N2O4S/c1-23-17(20)14-6-4-8-16(12-14)24(21,22)19-11-5-7-15(19)13-18-9-2-3-10-18/h4,6,8,12,15H,2-3,5,7,9-11,13H2,1H3/t15-/m1/s1. The molecule has 132 valence electrons. The van der Waals surface area contributed by atoms with Gasteiger partial charge < -0.3 is 9.64 Å². The number of rotatable bonds is 5. The van der Waals surface area contributed by atoms with Crippen molar-refractivity contribution in [1.29, 1.82) is 0 Å². The van der Waals surface area contributed by atoms with E-state index in [2.05, 4.69) is 9.64 Å². The monoisotopic (exact) mass is 352 g/mol. The predicted octanol–water partition coefficient (Wildman–Crippen LogP) is 1.72. The number of methoxy groups -OCH3 is 1. The molecule has 0 aromatic heterocycles. The second-order valence-electron chi connectivity index (χ2n) is 6.44. The Morgan fingerprint density at radius 1 is 1.21 bits per heavy atom. The minimum Gasteiger partial charge on any atom is -0.465 e. The Morgan fingerprint density at radius 2 is 1.96 bits per heavy atom. The van der Waals surface area contributed by atoms with Gasteiger partial charge in [-0.15, -0.1) is 0 Å². The molecule has 7 heteroatoms. The van der Waals surface area contributed by atoms with Crippen LogP contribution in [0.15, 0.2) is 29.2 Å². The van der Waals surface area contributed by atoms with Gasteiger partial charge in [-0.3, -0.25) is 0 Å². The van der Waals surface area contributed by atoms with Crippen LogP contribution in [-0.4, -0.2) is 62.9 Å². The van der Waals surface area contributed by atoms with E-state index in [1.165, 1.54) is 26.0 Å². The maximum absolute atomic E-state index is 13.0. The van der Waals surface area contributed by atoms with E-state index in [0.29, 0.717) is 6.54 Å². The van der Waals surface area contributed by atoms with Crippen molar-refractivity contribution in [3.05, 3.63) is 29.8 Å². The third kappa shape index (κ3) is 3.48. The first-order chi connectivity index (χ1) is 11.5. The molecule has 0 amide bonds. The van der Waals surface area contributed by atoms with E-state index in [9.17, 15) is 13.2 Å². The van der Waals surface area contributed by atoms with Crippen molar-refractivity contribution in [3.63, 3.8) is 0 Å². The van der Waals surface area contributed by atoms with E-state index in [0.717, 1.165) is 32.5 Å². The van der Waals surface area contributed by atoms with Crippen molar-refractivity contribution >= 4 is 16.0 Å². The largest absolute Gasteiger partial charge is 0.465 e. The zero-order chi connectivity index (χ0) is 17.2. The number of ether oxygens (including phenoxy) is 1. The van der Waals surface area contributed by atoms with Crippen molar-refractivity contribution in [2.75, 3.05) is 33.3 Å². The van der Waals surface area contributed by atoms with Crippen molar-refractivity contribution in [2.24, 2.45) is 0 Å². The van der Waals surface area contributed by atoms with Gasteiger partial charge in [-0.05, 0) is 57.0 Å². The first-order valence-corrected chi connectivity index (χ1v) is 9.89. The highest BCUT2D eigenvalue weighted by Crippen LogP contribution is 2.28. The van der Waals surface area contributed by atoms with Crippen LogP contribution in [0.4, 0.5) is 0 Å². The number of esters is 1. The highest BCUT2D eigenvalue weighted by Gasteiger charge is 2.36. The maximum Gasteiger partial charge on any atom is 0.337 e. The van der Waals surface area contributed by atoms with Gasteiger partial charge in [-0.2, -0.15) is 4.31 Å². The lowest BCUT2D eigenvalue weighted by molar-refractivity contribution is 0.0600. The first kappa shape index (κ1) is 17.4. The lowest BCUT2D eigenvalue weighted by Crippen LogP contribution is -2.42. The summed E-state index contributed by atoms with van der Waals surface area (Å²) in [5, 5.41) is 0. The second kappa shape index (κ2) is 7.21. The van der Waals surface area contributed by atoms with E-state index in [4.69, 9.17) is 0 Å². The molecule has 2 aliphatic rings. The number of hydrogen-bond acceptors (Lipinski definition) is 5. The summed E-state index contributed by atoms with van der Waals surface area (Å²) < 4.78 is 32.4. The van der Waals surface area contributed by atoms with Crippen molar-refractivity contribution < 1.29 is 17.9 Å². The smallest absolute Gasteiger partial charge is 0.337 e. The lowest BCUT2D eigenvalue weighted by atomic mass is 10.2. The average Bonchev–Trinajstić information content (AvgIpc) is 3.26. The zero-order valence-corrected chi connectivity index (χ0v) is 14.8. The van der Waals surface area contributed by atoms with E-state index < -0.39 is 16.0 Å². The molecule has 0 aliphatic carbocycles. The number of carbonyl (C=O) groups is 1. The second-order valence-corrected chi connectivity index (χ2v) is 8.33. The molecule has 0 N–H and O–H groups in total. The fourth-order valence-corrected chi connectivity index (χ4v) is 5.34. The van der Waals surface area contributed by atoms with Crippen molar-refractivity contribution in [1.82, 2.24) is 9.21 Å². The average molecular weight is 352 g/mol. The number of carbonyl (C=O) groups excluding carboxylic acids is 1. The van der Waals surface area contributed by atoms with Crippen LogP contribution >= 0.6 is 0 Å². The van der Waals surface area contributed by atoms with Gasteiger partial charge in [0, 0.05) is 19.1 Å². The molecule has 3 rings (SSSR count). The summed E-state index contributed by atoms with van der Waals surface area (Å²) in [6, 6.07) is 6.13. The normalized spacial score (nSPS) is 22.8. The highest BCUT2D eigenvalue weighted by atomic mass is 32.2. The number of benzene rings is 1. The quantitative estimate of drug-likeness (QED) is 0.755. The summed E-state index contributed by atoms with van der Waals surface area (Å²) in [7, 11) is -2.31. The molecule has 2 saturated heterocycles. The van der Waals surface area contributed by atoms with E-state index in [-0.39, 0.29) is 16.5 Å². The van der Waals surface area contributed by atoms with E-state index in [1.54, 1.807) is 22.5 Å². The van der Waals surface area contributed by atoms with Gasteiger partial charge in [0.2, 0.25) is 10.0 Å². The number of hydrogen-bond donors (Lipinski definition) is 0. The van der Waals surface area contributed by atoms with Crippen LogP contribution in [0.3, 0.4) is 0 Å². The molecule has 0 bridgehead atoms. The van der Waals surface area contributed by atoms with Gasteiger partial charge in [0.25, 0.3) is 0 Å². The Bertz CT molecular complexity index is 698. The third-order valence-electron chi connectivity index (χ3n) is 4.85. The van der Waals surface area contributed by atoms with Crippen LogP contribution in [0.2, 0.25) is 0 Å². The number of sulfonamides is 1. The zero-order valence-electron chi connectivity index (χ0n) is 14.0. The van der Waals surface area contributed by atoms with E-state index >= 15 is 0 Å². The van der Waals surface area contributed by atoms with Crippen LogP contribution in [0.1, 0.15) is 36.0 Å². The molecule has 0 spiro atoms. The Labute approximate surface area is 143 Å². The molecule has 24 heavy (non-hydrogen) atoms. The summed E-state index contributed by atoms with van der Waals surface area (Å²) in [5.74, 6) is -0.526.